The molecular weight excluding hydrogens is 931 g/mol. The molecule has 1 amide bonds. The predicted octanol–water partition coefficient (Wildman–Crippen LogP) is 9.16. The van der Waals surface area contributed by atoms with Gasteiger partial charge >= 0.3 is 0 Å². The van der Waals surface area contributed by atoms with Crippen molar-refractivity contribution >= 4 is 5.91 Å². The standard InChI is InChI=1S/C59H103NO13/c1-3-5-7-9-11-13-15-17-19-21-22-23-24-25-26-27-29-31-33-35-37-39-41-43-51(64)60-47(48(63)42-40-38-36-34-32-30-28-20-18-16-14-12-10-8-6-4-2)46-70-58-56(69)54(67)57(50(45-62)72-58)73-59-55(68)53(66)52(65)49(44-61)71-59/h5,7,11,13,17,19,22-23,25-26,40,42,47-50,52-59,61-63,65-69H,3-4,6,8-10,12,14-16,18,20-21,24,27-39,41,43-46H2,1-2H3,(H,60,64)/b7-5-,13-11-,19-17-,23-22-,26-25-,42-40+. The van der Waals surface area contributed by atoms with Crippen LogP contribution >= 0.6 is 0 Å². The van der Waals surface area contributed by atoms with Crippen molar-refractivity contribution in [2.24, 2.45) is 0 Å². The largest absolute Gasteiger partial charge is 0.394 e. The number of rotatable bonds is 44. The second kappa shape index (κ2) is 44.5. The first-order chi connectivity index (χ1) is 35.6. The van der Waals surface area contributed by atoms with Crippen molar-refractivity contribution in [1.29, 1.82) is 0 Å². The number of hydrogen-bond donors (Lipinski definition) is 9. The van der Waals surface area contributed by atoms with Crippen molar-refractivity contribution in [3.8, 4) is 0 Å². The van der Waals surface area contributed by atoms with Crippen LogP contribution in [0.3, 0.4) is 0 Å². The number of carbonyl (C=O) groups excluding carboxylic acids is 1. The van der Waals surface area contributed by atoms with Crippen LogP contribution in [0, 0.1) is 0 Å². The monoisotopic (exact) mass is 1030 g/mol. The van der Waals surface area contributed by atoms with Crippen LogP contribution < -0.4 is 5.32 Å². The quantitative estimate of drug-likeness (QED) is 0.0205. The number of nitrogens with one attached hydrogen (secondary N) is 1. The Morgan fingerprint density at radius 2 is 0.945 bits per heavy atom. The van der Waals surface area contributed by atoms with Gasteiger partial charge < -0.3 is 65.1 Å². The van der Waals surface area contributed by atoms with Gasteiger partial charge in [0.05, 0.1) is 32.0 Å². The molecule has 2 fully saturated rings. The molecule has 0 saturated carbocycles. The van der Waals surface area contributed by atoms with Gasteiger partial charge in [0.1, 0.15) is 48.8 Å². The molecule has 2 saturated heterocycles. The zero-order valence-corrected chi connectivity index (χ0v) is 45.1. The normalized spacial score (nSPS) is 25.9. The second-order valence-electron chi connectivity index (χ2n) is 20.0. The molecule has 0 aliphatic carbocycles. The third kappa shape index (κ3) is 30.7. The first kappa shape index (κ1) is 66.5. The van der Waals surface area contributed by atoms with Crippen molar-refractivity contribution in [3.63, 3.8) is 0 Å². The number of aliphatic hydroxyl groups excluding tert-OH is 8. The molecule has 0 aromatic rings. The Labute approximate surface area is 440 Å². The maximum absolute atomic E-state index is 13.2. The van der Waals surface area contributed by atoms with Gasteiger partial charge in [-0.3, -0.25) is 4.79 Å². The van der Waals surface area contributed by atoms with E-state index in [1.165, 1.54) is 83.5 Å². The van der Waals surface area contributed by atoms with Gasteiger partial charge in [-0.25, -0.2) is 0 Å². The molecule has 73 heavy (non-hydrogen) atoms. The molecule has 2 rings (SSSR count). The van der Waals surface area contributed by atoms with E-state index in [0.29, 0.717) is 6.42 Å². The van der Waals surface area contributed by atoms with E-state index in [2.05, 4.69) is 79.9 Å². The number of allylic oxidation sites excluding steroid dienone is 11. The van der Waals surface area contributed by atoms with Crippen molar-refractivity contribution in [3.05, 3.63) is 72.9 Å². The van der Waals surface area contributed by atoms with Crippen LogP contribution in [0.25, 0.3) is 0 Å². The van der Waals surface area contributed by atoms with E-state index in [-0.39, 0.29) is 18.9 Å². The van der Waals surface area contributed by atoms with E-state index >= 15 is 0 Å². The van der Waals surface area contributed by atoms with Crippen molar-refractivity contribution in [2.45, 2.75) is 274 Å². The molecule has 9 N–H and O–H groups in total. The molecule has 2 heterocycles. The van der Waals surface area contributed by atoms with E-state index in [9.17, 15) is 45.6 Å². The van der Waals surface area contributed by atoms with Gasteiger partial charge in [-0.2, -0.15) is 0 Å². The molecule has 12 unspecified atom stereocenters. The second-order valence-corrected chi connectivity index (χ2v) is 20.0. The summed E-state index contributed by atoms with van der Waals surface area (Å²) in [6, 6.07) is -0.924. The number of amides is 1. The van der Waals surface area contributed by atoms with E-state index < -0.39 is 86.8 Å². The molecule has 14 nitrogen and oxygen atoms in total. The fraction of sp³-hybridized carbons (Fsp3) is 0.780. The first-order valence-corrected chi connectivity index (χ1v) is 28.7. The van der Waals surface area contributed by atoms with Crippen LogP contribution in [0.15, 0.2) is 72.9 Å². The number of unbranched alkanes of at least 4 members (excludes halogenated alkanes) is 21. The van der Waals surface area contributed by atoms with Crippen molar-refractivity contribution < 1.29 is 64.6 Å². The summed E-state index contributed by atoms with van der Waals surface area (Å²) >= 11 is 0. The average molecular weight is 1030 g/mol. The number of aliphatic hydroxyl groups is 8. The molecule has 422 valence electrons. The van der Waals surface area contributed by atoms with Gasteiger partial charge in [0, 0.05) is 6.42 Å². The fourth-order valence-corrected chi connectivity index (χ4v) is 9.02. The first-order valence-electron chi connectivity index (χ1n) is 28.7. The summed E-state index contributed by atoms with van der Waals surface area (Å²) in [5.41, 5.74) is 0. The predicted molar refractivity (Wildman–Crippen MR) is 290 cm³/mol. The summed E-state index contributed by atoms with van der Waals surface area (Å²) in [7, 11) is 0. The summed E-state index contributed by atoms with van der Waals surface area (Å²) in [6.07, 6.45) is 40.7. The average Bonchev–Trinajstić information content (AvgIpc) is 3.39. The highest BCUT2D eigenvalue weighted by Crippen LogP contribution is 2.30. The Morgan fingerprint density at radius 1 is 0.507 bits per heavy atom. The lowest BCUT2D eigenvalue weighted by Crippen LogP contribution is -2.65. The van der Waals surface area contributed by atoms with Gasteiger partial charge in [0.25, 0.3) is 0 Å². The van der Waals surface area contributed by atoms with Crippen LogP contribution in [-0.2, 0) is 23.7 Å². The minimum absolute atomic E-state index is 0.253. The summed E-state index contributed by atoms with van der Waals surface area (Å²) in [5.74, 6) is -0.253. The highest BCUT2D eigenvalue weighted by molar-refractivity contribution is 5.76. The minimum atomic E-state index is -1.79. The molecule has 0 radical (unpaired) electrons. The Kier molecular flexibility index (Phi) is 40.6. The van der Waals surface area contributed by atoms with Crippen LogP contribution in [0.1, 0.15) is 200 Å². The van der Waals surface area contributed by atoms with Crippen molar-refractivity contribution in [1.82, 2.24) is 5.32 Å². The number of ether oxygens (including phenoxy) is 4. The number of carbonyl (C=O) groups is 1. The molecule has 12 atom stereocenters. The Hall–Kier alpha value is -2.57. The molecular formula is C59H103NO13. The molecule has 2 aliphatic rings. The van der Waals surface area contributed by atoms with Crippen LogP contribution in [0.4, 0.5) is 0 Å². The van der Waals surface area contributed by atoms with Crippen LogP contribution in [0.5, 0.6) is 0 Å². The number of hydrogen-bond acceptors (Lipinski definition) is 13. The highest BCUT2D eigenvalue weighted by Gasteiger charge is 2.51. The molecule has 0 aromatic carbocycles. The highest BCUT2D eigenvalue weighted by atomic mass is 16.7. The lowest BCUT2D eigenvalue weighted by molar-refractivity contribution is -0.359. The molecule has 0 aromatic heterocycles. The summed E-state index contributed by atoms with van der Waals surface area (Å²) in [6.45, 7) is 2.67. The van der Waals surface area contributed by atoms with E-state index in [4.69, 9.17) is 18.9 Å². The van der Waals surface area contributed by atoms with Gasteiger partial charge in [-0.1, -0.05) is 202 Å². The van der Waals surface area contributed by atoms with E-state index in [0.717, 1.165) is 89.9 Å². The third-order valence-electron chi connectivity index (χ3n) is 13.6. The Balaban J connectivity index is 1.79. The minimum Gasteiger partial charge on any atom is -0.394 e. The molecule has 2 aliphatic heterocycles. The van der Waals surface area contributed by atoms with Crippen molar-refractivity contribution in [2.75, 3.05) is 19.8 Å². The lowest BCUT2D eigenvalue weighted by atomic mass is 9.97. The summed E-state index contributed by atoms with van der Waals surface area (Å²) < 4.78 is 22.7. The zero-order chi connectivity index (χ0) is 53.2. The maximum atomic E-state index is 13.2. The summed E-state index contributed by atoms with van der Waals surface area (Å²) in [5, 5.41) is 87.0. The zero-order valence-electron chi connectivity index (χ0n) is 45.1. The van der Waals surface area contributed by atoms with Gasteiger partial charge in [0.15, 0.2) is 12.6 Å². The van der Waals surface area contributed by atoms with Gasteiger partial charge in [-0.05, 0) is 64.2 Å². The van der Waals surface area contributed by atoms with E-state index in [1.807, 2.05) is 6.08 Å². The van der Waals surface area contributed by atoms with E-state index in [1.54, 1.807) is 6.08 Å². The Bertz CT molecular complexity index is 1500. The summed E-state index contributed by atoms with van der Waals surface area (Å²) in [4.78, 5) is 13.2. The topological polar surface area (TPSA) is 228 Å². The Morgan fingerprint density at radius 3 is 1.45 bits per heavy atom. The van der Waals surface area contributed by atoms with Crippen LogP contribution in [0.2, 0.25) is 0 Å². The maximum Gasteiger partial charge on any atom is 0.220 e. The lowest BCUT2D eigenvalue weighted by Gasteiger charge is -2.46. The molecule has 0 bridgehead atoms. The third-order valence-corrected chi connectivity index (χ3v) is 13.6. The molecule has 14 heteroatoms. The molecule has 0 spiro atoms. The fourth-order valence-electron chi connectivity index (χ4n) is 9.02. The SMILES string of the molecule is CC/C=C\C/C=C\C/C=C\C/C=C\C/C=C\CCCCCCCCCC(=O)NC(COC1OC(CO)C(OC2OC(CO)C(O)C(O)C2O)C(O)C1O)C(O)/C=C/CCCCCCCCCCCCCCCC. The van der Waals surface area contributed by atoms with Gasteiger partial charge in [-0.15, -0.1) is 0 Å². The smallest absolute Gasteiger partial charge is 0.220 e. The van der Waals surface area contributed by atoms with Crippen LogP contribution in [-0.4, -0.2) is 140 Å². The van der Waals surface area contributed by atoms with Gasteiger partial charge in [0.2, 0.25) is 5.91 Å².